The van der Waals surface area contributed by atoms with E-state index in [-0.39, 0.29) is 0 Å². The molecule has 0 spiro atoms. The van der Waals surface area contributed by atoms with Gasteiger partial charge in [0.25, 0.3) is 0 Å². The molecule has 1 rings (SSSR count). The fourth-order valence-corrected chi connectivity index (χ4v) is 1.86. The van der Waals surface area contributed by atoms with Gasteiger partial charge in [-0.2, -0.15) is 0 Å². The molecule has 1 heterocycles. The van der Waals surface area contributed by atoms with E-state index in [4.69, 9.17) is 9.78 Å². The third-order valence-electron chi connectivity index (χ3n) is 2.88. The van der Waals surface area contributed by atoms with E-state index in [1.807, 2.05) is 6.92 Å². The van der Waals surface area contributed by atoms with Crippen molar-refractivity contribution in [3.05, 3.63) is 0 Å². The summed E-state index contributed by atoms with van der Waals surface area (Å²) in [5, 5.41) is 0. The average molecular weight is 201 g/mol. The van der Waals surface area contributed by atoms with Gasteiger partial charge in [-0.25, -0.2) is 9.78 Å². The molecule has 0 aliphatic carbocycles. The normalized spacial score (nSPS) is 20.6. The van der Waals surface area contributed by atoms with Crippen molar-refractivity contribution in [3.8, 4) is 0 Å². The van der Waals surface area contributed by atoms with Crippen LogP contribution in [0.15, 0.2) is 0 Å². The average Bonchev–Trinajstić information content (AvgIpc) is 2.19. The monoisotopic (exact) mass is 201 g/mol. The Morgan fingerprint density at radius 1 is 1.21 bits per heavy atom. The number of hydrogen-bond donors (Lipinski definition) is 0. The van der Waals surface area contributed by atoms with Crippen molar-refractivity contribution < 1.29 is 9.78 Å². The van der Waals surface area contributed by atoms with Gasteiger partial charge in [0, 0.05) is 6.04 Å². The number of piperidine rings is 1. The molecular weight excluding hydrogens is 178 g/mol. The van der Waals surface area contributed by atoms with E-state index < -0.39 is 0 Å². The first-order valence-electron chi connectivity index (χ1n) is 5.72. The van der Waals surface area contributed by atoms with Crippen LogP contribution in [0.1, 0.15) is 33.6 Å². The zero-order valence-corrected chi connectivity index (χ0v) is 9.66. The van der Waals surface area contributed by atoms with Gasteiger partial charge in [-0.3, -0.25) is 0 Å². The van der Waals surface area contributed by atoms with Crippen LogP contribution in [0.25, 0.3) is 0 Å². The molecule has 84 valence electrons. The lowest BCUT2D eigenvalue weighted by Gasteiger charge is -2.34. The van der Waals surface area contributed by atoms with Gasteiger partial charge >= 0.3 is 0 Å². The predicted molar refractivity (Wildman–Crippen MR) is 57.0 cm³/mol. The Morgan fingerprint density at radius 3 is 2.36 bits per heavy atom. The Kier molecular flexibility index (Phi) is 5.45. The minimum absolute atomic E-state index is 0.644. The lowest BCUT2D eigenvalue weighted by molar-refractivity contribution is -0.299. The first-order chi connectivity index (χ1) is 6.74. The lowest BCUT2D eigenvalue weighted by atomic mass is 9.97. The van der Waals surface area contributed by atoms with Crippen molar-refractivity contribution in [3.63, 3.8) is 0 Å². The number of likely N-dealkylation sites (tertiary alicyclic amines) is 1. The predicted octanol–water partition coefficient (Wildman–Crippen LogP) is 2.07. The van der Waals surface area contributed by atoms with Crippen molar-refractivity contribution in [1.29, 1.82) is 0 Å². The molecule has 0 amide bonds. The van der Waals surface area contributed by atoms with Crippen LogP contribution >= 0.6 is 0 Å². The molecule has 3 nitrogen and oxygen atoms in total. The summed E-state index contributed by atoms with van der Waals surface area (Å²) in [5.74, 6) is 0.691. The summed E-state index contributed by atoms with van der Waals surface area (Å²) in [6.45, 7) is 10.3. The summed E-state index contributed by atoms with van der Waals surface area (Å²) in [4.78, 5) is 12.5. The van der Waals surface area contributed by atoms with Crippen LogP contribution < -0.4 is 0 Å². The fourth-order valence-electron chi connectivity index (χ4n) is 1.86. The highest BCUT2D eigenvalue weighted by Gasteiger charge is 2.20. The molecular formula is C11H23NO2. The van der Waals surface area contributed by atoms with Crippen molar-refractivity contribution in [2.45, 2.75) is 39.7 Å². The summed E-state index contributed by atoms with van der Waals surface area (Å²) in [6.07, 6.45) is 2.48. The molecule has 14 heavy (non-hydrogen) atoms. The van der Waals surface area contributed by atoms with Crippen molar-refractivity contribution in [2.75, 3.05) is 26.3 Å². The fraction of sp³-hybridized carbons (Fsp3) is 1.00. The van der Waals surface area contributed by atoms with Gasteiger partial charge in [0.1, 0.15) is 0 Å². The zero-order valence-electron chi connectivity index (χ0n) is 9.66. The van der Waals surface area contributed by atoms with E-state index in [1.165, 1.54) is 25.9 Å². The van der Waals surface area contributed by atoms with Gasteiger partial charge in [-0.05, 0) is 52.6 Å². The van der Waals surface area contributed by atoms with Gasteiger partial charge < -0.3 is 4.90 Å². The third kappa shape index (κ3) is 3.95. The second-order valence-electron chi connectivity index (χ2n) is 4.26. The van der Waals surface area contributed by atoms with E-state index in [0.717, 1.165) is 6.61 Å². The van der Waals surface area contributed by atoms with E-state index in [9.17, 15) is 0 Å². The van der Waals surface area contributed by atoms with Gasteiger partial charge in [-0.1, -0.05) is 0 Å². The second-order valence-corrected chi connectivity index (χ2v) is 4.26. The number of rotatable bonds is 5. The maximum absolute atomic E-state index is 5.10. The maximum Gasteiger partial charge on any atom is 0.0851 e. The van der Waals surface area contributed by atoms with Crippen LogP contribution in [-0.2, 0) is 9.78 Å². The molecule has 1 saturated heterocycles. The summed E-state index contributed by atoms with van der Waals surface area (Å²) < 4.78 is 0. The second kappa shape index (κ2) is 6.38. The Labute approximate surface area is 87.3 Å². The highest BCUT2D eigenvalue weighted by Crippen LogP contribution is 2.18. The van der Waals surface area contributed by atoms with E-state index in [1.54, 1.807) is 0 Å². The van der Waals surface area contributed by atoms with Crippen molar-refractivity contribution in [2.24, 2.45) is 5.92 Å². The summed E-state index contributed by atoms with van der Waals surface area (Å²) in [7, 11) is 0. The number of hydrogen-bond acceptors (Lipinski definition) is 3. The third-order valence-corrected chi connectivity index (χ3v) is 2.88. The quantitative estimate of drug-likeness (QED) is 0.386. The molecule has 0 N–H and O–H groups in total. The van der Waals surface area contributed by atoms with E-state index in [2.05, 4.69) is 18.7 Å². The van der Waals surface area contributed by atoms with Gasteiger partial charge in [0.15, 0.2) is 0 Å². The molecule has 0 aromatic heterocycles. The highest BCUT2D eigenvalue weighted by atomic mass is 17.2. The van der Waals surface area contributed by atoms with E-state index in [0.29, 0.717) is 18.6 Å². The molecule has 0 atom stereocenters. The van der Waals surface area contributed by atoms with Gasteiger partial charge in [0.05, 0.1) is 13.2 Å². The first-order valence-corrected chi connectivity index (χ1v) is 5.72. The SMILES string of the molecule is CCOOCC1CCN(C(C)C)CC1. The molecule has 0 aromatic carbocycles. The maximum atomic E-state index is 5.10. The van der Waals surface area contributed by atoms with Crippen molar-refractivity contribution >= 4 is 0 Å². The Balaban J connectivity index is 2.09. The first kappa shape index (κ1) is 12.0. The van der Waals surface area contributed by atoms with E-state index >= 15 is 0 Å². The molecule has 1 aliphatic rings. The number of nitrogens with zero attached hydrogens (tertiary/aromatic N) is 1. The van der Waals surface area contributed by atoms with Gasteiger partial charge in [0.2, 0.25) is 0 Å². The highest BCUT2D eigenvalue weighted by molar-refractivity contribution is 4.73. The minimum atomic E-state index is 0.644. The summed E-state index contributed by atoms with van der Waals surface area (Å²) in [5.41, 5.74) is 0. The molecule has 0 unspecified atom stereocenters. The standard InChI is InChI=1S/C11H23NO2/c1-4-13-14-9-11-5-7-12(8-6-11)10(2)3/h10-11H,4-9H2,1-3H3. The molecule has 3 heteroatoms. The molecule has 0 aromatic rings. The van der Waals surface area contributed by atoms with Crippen LogP contribution in [0.2, 0.25) is 0 Å². The topological polar surface area (TPSA) is 21.7 Å². The summed E-state index contributed by atoms with van der Waals surface area (Å²) >= 11 is 0. The van der Waals surface area contributed by atoms with Gasteiger partial charge in [-0.15, -0.1) is 0 Å². The molecule has 1 fully saturated rings. The largest absolute Gasteiger partial charge is 0.301 e. The van der Waals surface area contributed by atoms with Crippen LogP contribution in [-0.4, -0.2) is 37.2 Å². The molecule has 1 aliphatic heterocycles. The van der Waals surface area contributed by atoms with Crippen LogP contribution in [0.3, 0.4) is 0 Å². The summed E-state index contributed by atoms with van der Waals surface area (Å²) in [6, 6.07) is 0.684. The molecule has 0 bridgehead atoms. The van der Waals surface area contributed by atoms with Crippen LogP contribution in [0.5, 0.6) is 0 Å². The lowest BCUT2D eigenvalue weighted by Crippen LogP contribution is -2.39. The smallest absolute Gasteiger partial charge is 0.0851 e. The Hall–Kier alpha value is -0.120. The molecule has 0 saturated carbocycles. The zero-order chi connectivity index (χ0) is 10.4. The minimum Gasteiger partial charge on any atom is -0.301 e. The van der Waals surface area contributed by atoms with Crippen LogP contribution in [0.4, 0.5) is 0 Å². The Morgan fingerprint density at radius 2 is 1.86 bits per heavy atom. The Bertz CT molecular complexity index is 142. The van der Waals surface area contributed by atoms with Crippen molar-refractivity contribution in [1.82, 2.24) is 4.90 Å². The molecule has 0 radical (unpaired) electrons. The van der Waals surface area contributed by atoms with Crippen LogP contribution in [0, 0.1) is 5.92 Å².